The Kier molecular flexibility index (Phi) is 6.11. The highest BCUT2D eigenvalue weighted by Crippen LogP contribution is 2.33. The van der Waals surface area contributed by atoms with Crippen LogP contribution in [0.15, 0.2) is 17.2 Å². The van der Waals surface area contributed by atoms with Crippen LogP contribution in [0.25, 0.3) is 10.4 Å². The molecule has 0 saturated heterocycles. The third-order valence-electron chi connectivity index (χ3n) is 2.69. The molecule has 0 aliphatic carbocycles. The number of hydrogen-bond donors (Lipinski definition) is 1. The van der Waals surface area contributed by atoms with Crippen molar-refractivity contribution in [1.82, 2.24) is 10.4 Å². The van der Waals surface area contributed by atoms with Gasteiger partial charge in [0.05, 0.1) is 23.4 Å². The summed E-state index contributed by atoms with van der Waals surface area (Å²) < 4.78 is 5.14. The molecule has 0 saturated carbocycles. The van der Waals surface area contributed by atoms with Crippen molar-refractivity contribution in [2.24, 2.45) is 5.11 Å². The Balaban J connectivity index is 3.14. The lowest BCUT2D eigenvalue weighted by Crippen LogP contribution is -2.41. The first kappa shape index (κ1) is 16.1. The predicted octanol–water partition coefficient (Wildman–Crippen LogP) is 3.28. The molecule has 0 bridgehead atoms. The maximum absolute atomic E-state index is 12.2. The van der Waals surface area contributed by atoms with Gasteiger partial charge in [0.1, 0.15) is 5.75 Å². The summed E-state index contributed by atoms with van der Waals surface area (Å²) in [6.07, 6.45) is 0. The number of rotatable bonds is 6. The average molecular weight is 298 g/mol. The molecule has 0 radical (unpaired) electrons. The second-order valence-electron chi connectivity index (χ2n) is 3.81. The van der Waals surface area contributed by atoms with E-state index in [0.29, 0.717) is 18.8 Å². The fraction of sp³-hybridized carbons (Fsp3) is 0.417. The van der Waals surface area contributed by atoms with E-state index in [4.69, 9.17) is 21.9 Å². The zero-order valence-corrected chi connectivity index (χ0v) is 12.3. The summed E-state index contributed by atoms with van der Waals surface area (Å²) in [5.41, 5.74) is 11.7. The number of benzene rings is 1. The molecule has 1 aromatic carbocycles. The van der Waals surface area contributed by atoms with Crippen LogP contribution in [0.2, 0.25) is 5.02 Å². The van der Waals surface area contributed by atoms with Gasteiger partial charge in [0.15, 0.2) is 0 Å². The van der Waals surface area contributed by atoms with Gasteiger partial charge in [-0.2, -0.15) is 0 Å². The number of nitrogens with zero attached hydrogens (tertiary/aromatic N) is 4. The van der Waals surface area contributed by atoms with Crippen molar-refractivity contribution < 1.29 is 9.53 Å². The zero-order chi connectivity index (χ0) is 15.1. The van der Waals surface area contributed by atoms with Crippen LogP contribution >= 0.6 is 11.6 Å². The van der Waals surface area contributed by atoms with E-state index in [1.54, 1.807) is 5.01 Å². The first-order chi connectivity index (χ1) is 9.57. The number of carbonyl (C=O) groups is 1. The largest absolute Gasteiger partial charge is 0.496 e. The van der Waals surface area contributed by atoms with Gasteiger partial charge in [0, 0.05) is 18.0 Å². The Labute approximate surface area is 122 Å². The number of halogens is 1. The summed E-state index contributed by atoms with van der Waals surface area (Å²) in [7, 11) is 1.43. The van der Waals surface area contributed by atoms with Gasteiger partial charge in [0.2, 0.25) is 0 Å². The van der Waals surface area contributed by atoms with Crippen LogP contribution in [0.1, 0.15) is 24.2 Å². The number of hydrazine groups is 1. The van der Waals surface area contributed by atoms with Gasteiger partial charge in [0.25, 0.3) is 5.91 Å². The molecule has 0 fully saturated rings. The maximum Gasteiger partial charge on any atom is 0.269 e. The van der Waals surface area contributed by atoms with Gasteiger partial charge in [-0.25, -0.2) is 5.01 Å². The minimum absolute atomic E-state index is 0.188. The van der Waals surface area contributed by atoms with Gasteiger partial charge in [-0.1, -0.05) is 30.6 Å². The van der Waals surface area contributed by atoms with Crippen molar-refractivity contribution in [1.29, 1.82) is 0 Å². The molecule has 0 aromatic heterocycles. The molecule has 1 amide bonds. The summed E-state index contributed by atoms with van der Waals surface area (Å²) in [6.45, 7) is 5.21. The molecule has 1 aromatic rings. The Bertz CT molecular complexity index is 539. The monoisotopic (exact) mass is 297 g/mol. The topological polar surface area (TPSA) is 90.3 Å². The molecule has 8 heteroatoms. The number of nitrogens with one attached hydrogen (secondary N) is 1. The van der Waals surface area contributed by atoms with E-state index in [1.807, 2.05) is 13.8 Å². The normalized spacial score (nSPS) is 10.1. The van der Waals surface area contributed by atoms with E-state index in [1.165, 1.54) is 19.2 Å². The van der Waals surface area contributed by atoms with Crippen LogP contribution in [-0.4, -0.2) is 31.1 Å². The van der Waals surface area contributed by atoms with Crippen LogP contribution in [0, 0.1) is 0 Å². The molecule has 0 atom stereocenters. The lowest BCUT2D eigenvalue weighted by molar-refractivity contribution is 0.0802. The third-order valence-corrected chi connectivity index (χ3v) is 2.99. The Morgan fingerprint density at radius 1 is 1.50 bits per heavy atom. The standard InChI is InChI=1S/C12H16ClN5O2/c1-4-18(5-2)16-12(19)8-6-9(13)10(15-17-14)7-11(8)20-3/h6-7H,4-5H2,1-3H3,(H,16,19). The number of ether oxygens (including phenoxy) is 1. The van der Waals surface area contributed by atoms with Crippen LogP contribution in [0.3, 0.4) is 0 Å². The fourth-order valence-electron chi connectivity index (χ4n) is 1.60. The number of azide groups is 1. The molecule has 7 nitrogen and oxygen atoms in total. The van der Waals surface area contributed by atoms with Crippen molar-refractivity contribution in [2.75, 3.05) is 20.2 Å². The molecule has 0 aliphatic heterocycles. The summed E-state index contributed by atoms with van der Waals surface area (Å²) in [5, 5.41) is 5.37. The summed E-state index contributed by atoms with van der Waals surface area (Å²) in [6, 6.07) is 2.85. The van der Waals surface area contributed by atoms with Crippen molar-refractivity contribution in [3.05, 3.63) is 33.2 Å². The molecule has 0 unspecified atom stereocenters. The third kappa shape index (κ3) is 3.77. The van der Waals surface area contributed by atoms with E-state index >= 15 is 0 Å². The first-order valence-electron chi connectivity index (χ1n) is 6.05. The number of methoxy groups -OCH3 is 1. The fourth-order valence-corrected chi connectivity index (χ4v) is 1.80. The molecule has 0 spiro atoms. The quantitative estimate of drug-likeness (QED) is 0.378. The van der Waals surface area contributed by atoms with Crippen LogP contribution in [0.5, 0.6) is 5.75 Å². The summed E-state index contributed by atoms with van der Waals surface area (Å²) in [5.74, 6) is -0.0404. The van der Waals surface area contributed by atoms with E-state index in [0.717, 1.165) is 0 Å². The molecule has 0 heterocycles. The van der Waals surface area contributed by atoms with Crippen LogP contribution in [-0.2, 0) is 0 Å². The van der Waals surface area contributed by atoms with Gasteiger partial charge < -0.3 is 4.74 Å². The average Bonchev–Trinajstić information content (AvgIpc) is 2.46. The molecule has 1 N–H and O–H groups in total. The van der Waals surface area contributed by atoms with E-state index < -0.39 is 0 Å². The van der Waals surface area contributed by atoms with E-state index in [-0.39, 0.29) is 22.2 Å². The van der Waals surface area contributed by atoms with Gasteiger partial charge in [-0.15, -0.1) is 0 Å². The van der Waals surface area contributed by atoms with Crippen LogP contribution in [0.4, 0.5) is 5.69 Å². The SMILES string of the molecule is CCN(CC)NC(=O)c1cc(Cl)c(N=[N+]=[N-])cc1OC. The number of amides is 1. The van der Waals surface area contributed by atoms with Gasteiger partial charge in [-0.05, 0) is 17.7 Å². The van der Waals surface area contributed by atoms with E-state index in [2.05, 4.69) is 15.5 Å². The Morgan fingerprint density at radius 3 is 2.65 bits per heavy atom. The number of hydrogen-bond acceptors (Lipinski definition) is 4. The Morgan fingerprint density at radius 2 is 2.15 bits per heavy atom. The highest BCUT2D eigenvalue weighted by molar-refractivity contribution is 6.33. The molecule has 20 heavy (non-hydrogen) atoms. The lowest BCUT2D eigenvalue weighted by atomic mass is 10.1. The Hall–Kier alpha value is -1.95. The molecule has 108 valence electrons. The minimum atomic E-state index is -0.333. The van der Waals surface area contributed by atoms with E-state index in [9.17, 15) is 4.79 Å². The second kappa shape index (κ2) is 7.59. The molecular formula is C12H16ClN5O2. The zero-order valence-electron chi connectivity index (χ0n) is 11.6. The highest BCUT2D eigenvalue weighted by atomic mass is 35.5. The number of carbonyl (C=O) groups excluding carboxylic acids is 1. The first-order valence-corrected chi connectivity index (χ1v) is 6.43. The van der Waals surface area contributed by atoms with Crippen molar-refractivity contribution in [2.45, 2.75) is 13.8 Å². The van der Waals surface area contributed by atoms with Crippen LogP contribution < -0.4 is 10.2 Å². The second-order valence-corrected chi connectivity index (χ2v) is 4.21. The van der Waals surface area contributed by atoms with Crippen molar-refractivity contribution >= 4 is 23.2 Å². The maximum atomic E-state index is 12.2. The summed E-state index contributed by atoms with van der Waals surface area (Å²) >= 11 is 5.97. The highest BCUT2D eigenvalue weighted by Gasteiger charge is 2.16. The predicted molar refractivity (Wildman–Crippen MR) is 77.2 cm³/mol. The van der Waals surface area contributed by atoms with Crippen molar-refractivity contribution in [3.63, 3.8) is 0 Å². The molecular weight excluding hydrogens is 282 g/mol. The molecule has 1 rings (SSSR count). The summed E-state index contributed by atoms with van der Waals surface area (Å²) in [4.78, 5) is 14.8. The lowest BCUT2D eigenvalue weighted by Gasteiger charge is -2.20. The van der Waals surface area contributed by atoms with Crippen molar-refractivity contribution in [3.8, 4) is 5.75 Å². The minimum Gasteiger partial charge on any atom is -0.496 e. The van der Waals surface area contributed by atoms with Gasteiger partial charge in [-0.3, -0.25) is 10.2 Å². The smallest absolute Gasteiger partial charge is 0.269 e. The van der Waals surface area contributed by atoms with Gasteiger partial charge >= 0.3 is 0 Å². The molecule has 0 aliphatic rings.